The number of aromatic nitrogens is 2. The maximum absolute atomic E-state index is 13.4. The molecule has 2 saturated heterocycles. The van der Waals surface area contributed by atoms with Crippen molar-refractivity contribution in [2.24, 2.45) is 0 Å². The van der Waals surface area contributed by atoms with Gasteiger partial charge >= 0.3 is 0 Å². The fourth-order valence-electron chi connectivity index (χ4n) is 6.38. The number of ether oxygens (including phenoxy) is 1. The van der Waals surface area contributed by atoms with Crippen LogP contribution < -0.4 is 0 Å². The molecule has 0 N–H and O–H groups in total. The molecule has 0 spiro atoms. The molecule has 5 rings (SSSR count). The Labute approximate surface area is 193 Å². The molecule has 3 heterocycles. The topological polar surface area (TPSA) is 53.8 Å². The predicted molar refractivity (Wildman–Crippen MR) is 125 cm³/mol. The number of nitrogens with zero attached hydrogens (tertiary/aromatic N) is 5. The van der Waals surface area contributed by atoms with Gasteiger partial charge in [0.1, 0.15) is 0 Å². The fraction of sp³-hybridized carbons (Fsp3) is 0.840. The van der Waals surface area contributed by atoms with Gasteiger partial charge in [0.15, 0.2) is 5.69 Å². The van der Waals surface area contributed by atoms with Crippen molar-refractivity contribution in [1.29, 1.82) is 0 Å². The molecule has 1 aromatic rings. The van der Waals surface area contributed by atoms with E-state index in [2.05, 4.69) is 21.4 Å². The minimum atomic E-state index is 0.113. The van der Waals surface area contributed by atoms with Crippen LogP contribution in [0.3, 0.4) is 0 Å². The Balaban J connectivity index is 1.27. The monoisotopic (exact) mass is 443 g/mol. The van der Waals surface area contributed by atoms with Crippen LogP contribution in [-0.4, -0.2) is 95.0 Å². The third-order valence-corrected chi connectivity index (χ3v) is 8.21. The first-order valence-electron chi connectivity index (χ1n) is 13.2. The van der Waals surface area contributed by atoms with E-state index in [0.29, 0.717) is 32.3 Å². The summed E-state index contributed by atoms with van der Waals surface area (Å²) >= 11 is 0. The van der Waals surface area contributed by atoms with E-state index in [1.807, 2.05) is 4.90 Å². The second-order valence-corrected chi connectivity index (χ2v) is 10.2. The minimum Gasteiger partial charge on any atom is -0.378 e. The van der Waals surface area contributed by atoms with Crippen LogP contribution in [0, 0.1) is 0 Å². The number of carbonyl (C=O) groups excluding carboxylic acids is 1. The molecule has 7 nitrogen and oxygen atoms in total. The normalized spacial score (nSPS) is 26.3. The van der Waals surface area contributed by atoms with Crippen LogP contribution in [-0.2, 0) is 24.1 Å². The van der Waals surface area contributed by atoms with Crippen LogP contribution in [0.1, 0.15) is 73.6 Å². The van der Waals surface area contributed by atoms with Crippen LogP contribution in [0.2, 0.25) is 0 Å². The van der Waals surface area contributed by atoms with E-state index in [9.17, 15) is 4.79 Å². The molecule has 32 heavy (non-hydrogen) atoms. The standard InChI is InChI=1S/C25H41N5O2/c1-2-10-30-23-9-8-21(28-13-11-27(12-14-28)20-6-4-3-5-7-20)19-22(23)24(26-30)25(31)29-15-17-32-18-16-29/h20-21H,2-19H2,1H3. The largest absolute Gasteiger partial charge is 0.378 e. The number of amides is 1. The molecule has 1 unspecified atom stereocenters. The van der Waals surface area contributed by atoms with E-state index in [-0.39, 0.29) is 5.91 Å². The summed E-state index contributed by atoms with van der Waals surface area (Å²) in [5.74, 6) is 0.113. The van der Waals surface area contributed by atoms with Crippen LogP contribution in [0.15, 0.2) is 0 Å². The Morgan fingerprint density at radius 1 is 0.938 bits per heavy atom. The molecule has 4 aliphatic rings. The Kier molecular flexibility index (Phi) is 7.14. The predicted octanol–water partition coefficient (Wildman–Crippen LogP) is 2.57. The number of rotatable bonds is 5. The summed E-state index contributed by atoms with van der Waals surface area (Å²) in [5, 5.41) is 4.87. The van der Waals surface area contributed by atoms with E-state index in [1.165, 1.54) is 76.0 Å². The highest BCUT2D eigenvalue weighted by Crippen LogP contribution is 2.30. The van der Waals surface area contributed by atoms with Gasteiger partial charge in [-0.1, -0.05) is 26.2 Å². The molecule has 2 aliphatic heterocycles. The molecule has 1 saturated carbocycles. The first-order valence-corrected chi connectivity index (χ1v) is 13.2. The van der Waals surface area contributed by atoms with E-state index in [0.717, 1.165) is 37.5 Å². The van der Waals surface area contributed by atoms with Crippen molar-refractivity contribution >= 4 is 5.91 Å². The zero-order valence-electron chi connectivity index (χ0n) is 19.9. The first-order chi connectivity index (χ1) is 15.7. The number of hydrogen-bond donors (Lipinski definition) is 0. The zero-order valence-corrected chi connectivity index (χ0v) is 19.9. The number of carbonyl (C=O) groups is 1. The average molecular weight is 444 g/mol. The smallest absolute Gasteiger partial charge is 0.274 e. The maximum atomic E-state index is 13.4. The second-order valence-electron chi connectivity index (χ2n) is 10.2. The Morgan fingerprint density at radius 3 is 2.31 bits per heavy atom. The van der Waals surface area contributed by atoms with Gasteiger partial charge in [0, 0.05) is 69.2 Å². The zero-order chi connectivity index (χ0) is 21.9. The maximum Gasteiger partial charge on any atom is 0.274 e. The Morgan fingerprint density at radius 2 is 1.62 bits per heavy atom. The molecule has 0 radical (unpaired) electrons. The summed E-state index contributed by atoms with van der Waals surface area (Å²) in [4.78, 5) is 20.8. The molecule has 2 aliphatic carbocycles. The van der Waals surface area contributed by atoms with Crippen molar-refractivity contribution in [2.45, 2.75) is 83.3 Å². The molecule has 178 valence electrons. The molecule has 7 heteroatoms. The van der Waals surface area contributed by atoms with Gasteiger partial charge < -0.3 is 9.64 Å². The van der Waals surface area contributed by atoms with Crippen molar-refractivity contribution in [3.63, 3.8) is 0 Å². The molecule has 1 aromatic heterocycles. The summed E-state index contributed by atoms with van der Waals surface area (Å²) in [6.07, 6.45) is 11.3. The Bertz CT molecular complexity index is 774. The highest BCUT2D eigenvalue weighted by Gasteiger charge is 2.35. The van der Waals surface area contributed by atoms with Gasteiger partial charge in [-0.3, -0.25) is 19.3 Å². The lowest BCUT2D eigenvalue weighted by Crippen LogP contribution is -2.54. The summed E-state index contributed by atoms with van der Waals surface area (Å²) in [6.45, 7) is 10.5. The summed E-state index contributed by atoms with van der Waals surface area (Å²) in [6, 6.07) is 1.38. The Hall–Kier alpha value is -1.44. The van der Waals surface area contributed by atoms with Gasteiger partial charge in [0.2, 0.25) is 0 Å². The number of piperazine rings is 1. The minimum absolute atomic E-state index is 0.113. The third-order valence-electron chi connectivity index (χ3n) is 8.21. The second kappa shape index (κ2) is 10.2. The van der Waals surface area contributed by atoms with Gasteiger partial charge in [-0.05, 0) is 38.5 Å². The molecule has 0 aromatic carbocycles. The number of hydrogen-bond acceptors (Lipinski definition) is 5. The van der Waals surface area contributed by atoms with Crippen molar-refractivity contribution in [2.75, 3.05) is 52.5 Å². The summed E-state index contributed by atoms with van der Waals surface area (Å²) in [5.41, 5.74) is 3.28. The lowest BCUT2D eigenvalue weighted by molar-refractivity contribution is 0.0296. The van der Waals surface area contributed by atoms with Crippen LogP contribution in [0.25, 0.3) is 0 Å². The molecule has 0 bridgehead atoms. The molecule has 3 fully saturated rings. The SMILES string of the molecule is CCCn1nc(C(=O)N2CCOCC2)c2c1CCC(N1CCN(C3CCCCC3)CC1)C2. The van der Waals surface area contributed by atoms with Gasteiger partial charge in [0.25, 0.3) is 5.91 Å². The van der Waals surface area contributed by atoms with E-state index in [1.54, 1.807) is 0 Å². The van der Waals surface area contributed by atoms with E-state index in [4.69, 9.17) is 9.84 Å². The van der Waals surface area contributed by atoms with Crippen LogP contribution in [0.4, 0.5) is 0 Å². The van der Waals surface area contributed by atoms with Gasteiger partial charge in [-0.25, -0.2) is 0 Å². The molecule has 1 atom stereocenters. The number of fused-ring (bicyclic) bond motifs is 1. The molecular formula is C25H41N5O2. The fourth-order valence-corrected chi connectivity index (χ4v) is 6.38. The highest BCUT2D eigenvalue weighted by molar-refractivity contribution is 5.94. The molecular weight excluding hydrogens is 402 g/mol. The van der Waals surface area contributed by atoms with Gasteiger partial charge in [-0.15, -0.1) is 0 Å². The van der Waals surface area contributed by atoms with Gasteiger partial charge in [0.05, 0.1) is 13.2 Å². The van der Waals surface area contributed by atoms with Crippen molar-refractivity contribution in [3.05, 3.63) is 17.0 Å². The van der Waals surface area contributed by atoms with Crippen LogP contribution >= 0.6 is 0 Å². The van der Waals surface area contributed by atoms with E-state index < -0.39 is 0 Å². The lowest BCUT2D eigenvalue weighted by atomic mass is 9.89. The van der Waals surface area contributed by atoms with Gasteiger partial charge in [-0.2, -0.15) is 5.10 Å². The summed E-state index contributed by atoms with van der Waals surface area (Å²) < 4.78 is 7.60. The average Bonchev–Trinajstić information content (AvgIpc) is 3.22. The third kappa shape index (κ3) is 4.62. The van der Waals surface area contributed by atoms with E-state index >= 15 is 0 Å². The summed E-state index contributed by atoms with van der Waals surface area (Å²) in [7, 11) is 0. The highest BCUT2D eigenvalue weighted by atomic mass is 16.5. The number of aryl methyl sites for hydroxylation is 1. The van der Waals surface area contributed by atoms with Crippen LogP contribution in [0.5, 0.6) is 0 Å². The molecule has 1 amide bonds. The van der Waals surface area contributed by atoms with Crippen molar-refractivity contribution < 1.29 is 9.53 Å². The van der Waals surface area contributed by atoms with Crippen molar-refractivity contribution in [3.8, 4) is 0 Å². The lowest BCUT2D eigenvalue weighted by Gasteiger charge is -2.44. The number of morpholine rings is 1. The quantitative estimate of drug-likeness (QED) is 0.700. The van der Waals surface area contributed by atoms with Crippen molar-refractivity contribution in [1.82, 2.24) is 24.5 Å². The first kappa shape index (κ1) is 22.4.